The third-order valence-electron chi connectivity index (χ3n) is 2.93. The van der Waals surface area contributed by atoms with Gasteiger partial charge in [-0.25, -0.2) is 0 Å². The minimum Gasteiger partial charge on any atom is -0.384 e. The highest BCUT2D eigenvalue weighted by atomic mass is 15.3. The van der Waals surface area contributed by atoms with Crippen LogP contribution in [0, 0.1) is 5.92 Å². The Kier molecular flexibility index (Phi) is 1.60. The standard InChI is InChI=1S/C9H15N3/c1-6-3-4-7(6)8-5-9(10)12(2)11-8/h5-7H,3-4,10H2,1-2H3/t6-,7-/m1/s1. The van der Waals surface area contributed by atoms with Crippen molar-refractivity contribution in [3.8, 4) is 0 Å². The number of aryl methyl sites for hydroxylation is 1. The number of nitrogen functional groups attached to an aromatic ring is 1. The molecular formula is C9H15N3. The molecule has 0 unspecified atom stereocenters. The minimum absolute atomic E-state index is 0.661. The summed E-state index contributed by atoms with van der Waals surface area (Å²) < 4.78 is 1.75. The van der Waals surface area contributed by atoms with Gasteiger partial charge in [0.2, 0.25) is 0 Å². The number of hydrogen-bond donors (Lipinski definition) is 1. The van der Waals surface area contributed by atoms with Gasteiger partial charge in [0.05, 0.1) is 5.69 Å². The van der Waals surface area contributed by atoms with E-state index in [-0.39, 0.29) is 0 Å². The van der Waals surface area contributed by atoms with Gasteiger partial charge >= 0.3 is 0 Å². The van der Waals surface area contributed by atoms with Gasteiger partial charge in [-0.15, -0.1) is 0 Å². The molecular weight excluding hydrogens is 150 g/mol. The van der Waals surface area contributed by atoms with Crippen LogP contribution < -0.4 is 5.73 Å². The van der Waals surface area contributed by atoms with Crippen molar-refractivity contribution in [3.05, 3.63) is 11.8 Å². The molecule has 3 nitrogen and oxygen atoms in total. The summed E-state index contributed by atoms with van der Waals surface area (Å²) in [7, 11) is 1.89. The van der Waals surface area contributed by atoms with Gasteiger partial charge in [-0.1, -0.05) is 6.92 Å². The van der Waals surface area contributed by atoms with Crippen LogP contribution in [-0.2, 0) is 7.05 Å². The average molecular weight is 165 g/mol. The predicted octanol–water partition coefficient (Wildman–Crippen LogP) is 1.52. The number of rotatable bonds is 1. The van der Waals surface area contributed by atoms with Crippen molar-refractivity contribution in [2.24, 2.45) is 13.0 Å². The third kappa shape index (κ3) is 1.00. The first-order valence-corrected chi connectivity index (χ1v) is 4.48. The van der Waals surface area contributed by atoms with E-state index in [1.165, 1.54) is 18.5 Å². The predicted molar refractivity (Wildman–Crippen MR) is 48.8 cm³/mol. The lowest BCUT2D eigenvalue weighted by Crippen LogP contribution is -2.21. The maximum absolute atomic E-state index is 5.70. The lowest BCUT2D eigenvalue weighted by Gasteiger charge is -2.32. The molecule has 2 rings (SSSR count). The molecule has 2 atom stereocenters. The monoisotopic (exact) mass is 165 g/mol. The zero-order valence-corrected chi connectivity index (χ0v) is 7.62. The molecule has 2 N–H and O–H groups in total. The first kappa shape index (κ1) is 7.65. The van der Waals surface area contributed by atoms with Crippen LogP contribution in [0.2, 0.25) is 0 Å². The van der Waals surface area contributed by atoms with E-state index in [0.717, 1.165) is 11.7 Å². The normalized spacial score (nSPS) is 28.5. The van der Waals surface area contributed by atoms with Crippen molar-refractivity contribution in [2.45, 2.75) is 25.7 Å². The molecule has 1 saturated carbocycles. The maximum atomic E-state index is 5.70. The van der Waals surface area contributed by atoms with Crippen LogP contribution in [0.1, 0.15) is 31.4 Å². The SMILES string of the molecule is C[C@@H]1CC[C@H]1c1cc(N)n(C)n1. The maximum Gasteiger partial charge on any atom is 0.121 e. The van der Waals surface area contributed by atoms with Crippen LogP contribution in [0.4, 0.5) is 5.82 Å². The minimum atomic E-state index is 0.661. The second-order valence-electron chi connectivity index (χ2n) is 3.78. The first-order chi connectivity index (χ1) is 5.68. The summed E-state index contributed by atoms with van der Waals surface area (Å²) in [6.07, 6.45) is 2.61. The number of aromatic nitrogens is 2. The van der Waals surface area contributed by atoms with Crippen molar-refractivity contribution >= 4 is 5.82 Å². The molecule has 0 aromatic carbocycles. The molecule has 0 spiro atoms. The highest BCUT2D eigenvalue weighted by Gasteiger charge is 2.30. The average Bonchev–Trinajstić information content (AvgIpc) is 2.29. The van der Waals surface area contributed by atoms with E-state index in [1.807, 2.05) is 13.1 Å². The Bertz CT molecular complexity index is 270. The molecule has 1 heterocycles. The van der Waals surface area contributed by atoms with Crippen LogP contribution in [0.25, 0.3) is 0 Å². The van der Waals surface area contributed by atoms with E-state index >= 15 is 0 Å². The third-order valence-corrected chi connectivity index (χ3v) is 2.93. The van der Waals surface area contributed by atoms with Gasteiger partial charge in [0.1, 0.15) is 5.82 Å². The lowest BCUT2D eigenvalue weighted by molar-refractivity contribution is 0.273. The van der Waals surface area contributed by atoms with Crippen molar-refractivity contribution in [1.82, 2.24) is 9.78 Å². The van der Waals surface area contributed by atoms with E-state index in [0.29, 0.717) is 5.92 Å². The van der Waals surface area contributed by atoms with Gasteiger partial charge < -0.3 is 5.73 Å². The quantitative estimate of drug-likeness (QED) is 0.685. The molecule has 1 fully saturated rings. The van der Waals surface area contributed by atoms with E-state index in [1.54, 1.807) is 4.68 Å². The van der Waals surface area contributed by atoms with Crippen molar-refractivity contribution in [3.63, 3.8) is 0 Å². The Morgan fingerprint density at radius 1 is 1.58 bits per heavy atom. The zero-order chi connectivity index (χ0) is 8.72. The van der Waals surface area contributed by atoms with Crippen LogP contribution in [0.3, 0.4) is 0 Å². The van der Waals surface area contributed by atoms with Gasteiger partial charge in [-0.05, 0) is 18.8 Å². The van der Waals surface area contributed by atoms with E-state index in [4.69, 9.17) is 5.73 Å². The Hall–Kier alpha value is -0.990. The molecule has 1 aromatic heterocycles. The van der Waals surface area contributed by atoms with Gasteiger partial charge in [-0.2, -0.15) is 5.10 Å². The van der Waals surface area contributed by atoms with Crippen LogP contribution in [0.15, 0.2) is 6.07 Å². The fourth-order valence-corrected chi connectivity index (χ4v) is 1.79. The van der Waals surface area contributed by atoms with Crippen LogP contribution >= 0.6 is 0 Å². The molecule has 12 heavy (non-hydrogen) atoms. The second kappa shape index (κ2) is 2.51. The number of nitrogens with zero attached hydrogens (tertiary/aromatic N) is 2. The number of hydrogen-bond acceptors (Lipinski definition) is 2. The summed E-state index contributed by atoms with van der Waals surface area (Å²) >= 11 is 0. The molecule has 0 bridgehead atoms. The molecule has 66 valence electrons. The highest BCUT2D eigenvalue weighted by Crippen LogP contribution is 2.41. The van der Waals surface area contributed by atoms with Crippen molar-refractivity contribution in [1.29, 1.82) is 0 Å². The van der Waals surface area contributed by atoms with E-state index in [2.05, 4.69) is 12.0 Å². The molecule has 0 aliphatic heterocycles. The first-order valence-electron chi connectivity index (χ1n) is 4.48. The lowest BCUT2D eigenvalue weighted by atomic mass is 9.73. The molecule has 3 heteroatoms. The fraction of sp³-hybridized carbons (Fsp3) is 0.667. The van der Waals surface area contributed by atoms with Crippen LogP contribution in [0.5, 0.6) is 0 Å². The zero-order valence-electron chi connectivity index (χ0n) is 7.62. The summed E-state index contributed by atoms with van der Waals surface area (Å²) in [5.74, 6) is 2.22. The number of anilines is 1. The smallest absolute Gasteiger partial charge is 0.121 e. The Morgan fingerprint density at radius 3 is 2.67 bits per heavy atom. The topological polar surface area (TPSA) is 43.8 Å². The van der Waals surface area contributed by atoms with E-state index < -0.39 is 0 Å². The summed E-state index contributed by atoms with van der Waals surface area (Å²) in [5, 5.41) is 4.37. The molecule has 1 aromatic rings. The Balaban J connectivity index is 2.23. The number of nitrogens with two attached hydrogens (primary N) is 1. The molecule has 1 aliphatic rings. The largest absolute Gasteiger partial charge is 0.384 e. The Labute approximate surface area is 72.6 Å². The molecule has 0 radical (unpaired) electrons. The van der Waals surface area contributed by atoms with Crippen molar-refractivity contribution in [2.75, 3.05) is 5.73 Å². The van der Waals surface area contributed by atoms with Gasteiger partial charge in [0.25, 0.3) is 0 Å². The molecule has 0 amide bonds. The van der Waals surface area contributed by atoms with Gasteiger partial charge in [0, 0.05) is 19.0 Å². The van der Waals surface area contributed by atoms with Gasteiger partial charge in [0.15, 0.2) is 0 Å². The summed E-state index contributed by atoms with van der Waals surface area (Å²) in [6.45, 7) is 2.28. The fourth-order valence-electron chi connectivity index (χ4n) is 1.79. The summed E-state index contributed by atoms with van der Waals surface area (Å²) in [5.41, 5.74) is 6.88. The Morgan fingerprint density at radius 2 is 2.33 bits per heavy atom. The molecule has 1 aliphatic carbocycles. The van der Waals surface area contributed by atoms with Gasteiger partial charge in [-0.3, -0.25) is 4.68 Å². The molecule has 0 saturated heterocycles. The second-order valence-corrected chi connectivity index (χ2v) is 3.78. The highest BCUT2D eigenvalue weighted by molar-refractivity contribution is 5.32. The summed E-state index contributed by atoms with van der Waals surface area (Å²) in [4.78, 5) is 0. The van der Waals surface area contributed by atoms with Crippen LogP contribution in [-0.4, -0.2) is 9.78 Å². The van der Waals surface area contributed by atoms with E-state index in [9.17, 15) is 0 Å². The summed E-state index contributed by atoms with van der Waals surface area (Å²) in [6, 6.07) is 2.00. The van der Waals surface area contributed by atoms with Crippen molar-refractivity contribution < 1.29 is 0 Å².